The van der Waals surface area contributed by atoms with Gasteiger partial charge in [-0.15, -0.1) is 0 Å². The van der Waals surface area contributed by atoms with Gasteiger partial charge in [0.05, 0.1) is 23.7 Å². The van der Waals surface area contributed by atoms with Crippen molar-refractivity contribution in [1.82, 2.24) is 4.90 Å². The van der Waals surface area contributed by atoms with Crippen molar-refractivity contribution in [2.24, 2.45) is 4.99 Å². The fourth-order valence-electron chi connectivity index (χ4n) is 2.90. The predicted molar refractivity (Wildman–Crippen MR) is 102 cm³/mol. The number of amides is 1. The Morgan fingerprint density at radius 2 is 1.96 bits per heavy atom. The number of thioether (sulfide) groups is 1. The van der Waals surface area contributed by atoms with E-state index in [9.17, 15) is 4.79 Å². The van der Waals surface area contributed by atoms with Crippen LogP contribution in [0.2, 0.25) is 0 Å². The Morgan fingerprint density at radius 1 is 1.28 bits per heavy atom. The van der Waals surface area contributed by atoms with Crippen LogP contribution in [0.5, 0.6) is 5.75 Å². The summed E-state index contributed by atoms with van der Waals surface area (Å²) >= 11 is 1.44. The summed E-state index contributed by atoms with van der Waals surface area (Å²) < 4.78 is 11.3. The van der Waals surface area contributed by atoms with Crippen LogP contribution in [0.15, 0.2) is 34.2 Å². The van der Waals surface area contributed by atoms with E-state index in [-0.39, 0.29) is 18.1 Å². The number of benzene rings is 1. The molecule has 0 saturated carbocycles. The van der Waals surface area contributed by atoms with Gasteiger partial charge in [0.15, 0.2) is 5.17 Å². The highest BCUT2D eigenvalue weighted by atomic mass is 32.2. The van der Waals surface area contributed by atoms with Crippen LogP contribution >= 0.6 is 11.8 Å². The van der Waals surface area contributed by atoms with E-state index in [1.807, 2.05) is 44.2 Å². The quantitative estimate of drug-likeness (QED) is 0.769. The van der Waals surface area contributed by atoms with Crippen LogP contribution in [-0.4, -0.2) is 47.9 Å². The summed E-state index contributed by atoms with van der Waals surface area (Å²) in [5, 5.41) is 0.779. The summed E-state index contributed by atoms with van der Waals surface area (Å²) in [6.45, 7) is 8.41. The molecule has 5 nitrogen and oxygen atoms in total. The minimum Gasteiger partial charge on any atom is -0.494 e. The van der Waals surface area contributed by atoms with Crippen molar-refractivity contribution in [2.45, 2.75) is 39.4 Å². The van der Waals surface area contributed by atoms with Gasteiger partial charge in [0.1, 0.15) is 5.75 Å². The van der Waals surface area contributed by atoms with Gasteiger partial charge >= 0.3 is 0 Å². The first-order valence-electron chi connectivity index (χ1n) is 8.71. The zero-order chi connectivity index (χ0) is 17.8. The van der Waals surface area contributed by atoms with Crippen molar-refractivity contribution >= 4 is 28.9 Å². The second kappa shape index (κ2) is 8.06. The number of ether oxygens (including phenoxy) is 2. The summed E-state index contributed by atoms with van der Waals surface area (Å²) in [6, 6.07) is 7.78. The minimum atomic E-state index is -0.168. The predicted octanol–water partition coefficient (Wildman–Crippen LogP) is 3.55. The molecule has 0 bridgehead atoms. The molecular weight excluding hydrogens is 336 g/mol. The lowest BCUT2D eigenvalue weighted by Gasteiger charge is -2.35. The van der Waals surface area contributed by atoms with Crippen molar-refractivity contribution in [1.29, 1.82) is 0 Å². The number of nitrogens with zero attached hydrogens (tertiary/aromatic N) is 2. The van der Waals surface area contributed by atoms with Crippen LogP contribution in [0.1, 0.15) is 32.8 Å². The molecule has 0 aromatic heterocycles. The Balaban J connectivity index is 1.66. The van der Waals surface area contributed by atoms with Crippen LogP contribution in [-0.2, 0) is 9.53 Å². The zero-order valence-corrected chi connectivity index (χ0v) is 15.7. The SMILES string of the molecule is CCCOc1ccc(/C=C2\SC(N3C[C@@H](C)O[C@H](C)C3)=NC2=O)cc1. The lowest BCUT2D eigenvalue weighted by molar-refractivity contribution is -0.113. The molecule has 2 aliphatic rings. The van der Waals surface area contributed by atoms with E-state index in [1.165, 1.54) is 11.8 Å². The molecule has 2 aliphatic heterocycles. The number of hydrogen-bond donors (Lipinski definition) is 0. The fourth-order valence-corrected chi connectivity index (χ4v) is 3.83. The number of carbonyl (C=O) groups excluding carboxylic acids is 1. The summed E-state index contributed by atoms with van der Waals surface area (Å²) in [5.41, 5.74) is 0.972. The average Bonchev–Trinajstić information content (AvgIpc) is 2.94. The van der Waals surface area contributed by atoms with Crippen molar-refractivity contribution < 1.29 is 14.3 Å². The lowest BCUT2D eigenvalue weighted by atomic mass is 10.2. The van der Waals surface area contributed by atoms with Gasteiger partial charge in [-0.05, 0) is 55.8 Å². The van der Waals surface area contributed by atoms with E-state index in [2.05, 4.69) is 16.8 Å². The maximum absolute atomic E-state index is 12.2. The molecule has 2 heterocycles. The number of aliphatic imine (C=N–C) groups is 1. The topological polar surface area (TPSA) is 51.1 Å². The third kappa shape index (κ3) is 4.64. The molecular formula is C19H24N2O3S. The third-order valence-electron chi connectivity index (χ3n) is 3.95. The second-order valence-electron chi connectivity index (χ2n) is 6.39. The monoisotopic (exact) mass is 360 g/mol. The number of hydrogen-bond acceptors (Lipinski definition) is 5. The van der Waals surface area contributed by atoms with Crippen LogP contribution in [0.25, 0.3) is 6.08 Å². The number of carbonyl (C=O) groups is 1. The standard InChI is InChI=1S/C19H24N2O3S/c1-4-9-23-16-7-5-15(6-8-16)10-17-18(22)20-19(25-17)21-11-13(2)24-14(3)12-21/h5-8,10,13-14H,4,9,11-12H2,1-3H3/b17-10-/t13-,14-/m1/s1. The fraction of sp³-hybridized carbons (Fsp3) is 0.474. The summed E-state index contributed by atoms with van der Waals surface area (Å²) in [5.74, 6) is 0.681. The molecule has 1 aromatic carbocycles. The Labute approximate surface area is 153 Å². The molecule has 0 radical (unpaired) electrons. The van der Waals surface area contributed by atoms with E-state index in [4.69, 9.17) is 9.47 Å². The van der Waals surface area contributed by atoms with E-state index in [0.29, 0.717) is 11.5 Å². The maximum atomic E-state index is 12.2. The van der Waals surface area contributed by atoms with Crippen molar-refractivity contribution in [3.63, 3.8) is 0 Å². The molecule has 6 heteroatoms. The van der Waals surface area contributed by atoms with E-state index >= 15 is 0 Å². The number of rotatable bonds is 4. The normalized spacial score (nSPS) is 25.4. The highest BCUT2D eigenvalue weighted by Gasteiger charge is 2.30. The smallest absolute Gasteiger partial charge is 0.286 e. The zero-order valence-electron chi connectivity index (χ0n) is 14.9. The Hall–Kier alpha value is -1.79. The van der Waals surface area contributed by atoms with Crippen LogP contribution < -0.4 is 4.74 Å². The summed E-state index contributed by atoms with van der Waals surface area (Å²) in [4.78, 5) is 19.3. The minimum absolute atomic E-state index is 0.144. The molecule has 0 N–H and O–H groups in total. The van der Waals surface area contributed by atoms with Crippen LogP contribution in [0.4, 0.5) is 0 Å². The van der Waals surface area contributed by atoms with Crippen molar-refractivity contribution in [2.75, 3.05) is 19.7 Å². The molecule has 3 rings (SSSR count). The molecule has 2 atom stereocenters. The van der Waals surface area contributed by atoms with Gasteiger partial charge in [-0.3, -0.25) is 4.79 Å². The Bertz CT molecular complexity index is 674. The lowest BCUT2D eigenvalue weighted by Crippen LogP contribution is -2.47. The molecule has 1 saturated heterocycles. The molecule has 1 fully saturated rings. The van der Waals surface area contributed by atoms with Gasteiger partial charge in [0.2, 0.25) is 0 Å². The van der Waals surface area contributed by atoms with Gasteiger partial charge in [0.25, 0.3) is 5.91 Å². The van der Waals surface area contributed by atoms with Crippen molar-refractivity contribution in [3.05, 3.63) is 34.7 Å². The highest BCUT2D eigenvalue weighted by Crippen LogP contribution is 2.31. The van der Waals surface area contributed by atoms with Gasteiger partial charge in [-0.25, -0.2) is 0 Å². The first-order chi connectivity index (χ1) is 12.0. The number of morpholine rings is 1. The second-order valence-corrected chi connectivity index (χ2v) is 7.40. The summed E-state index contributed by atoms with van der Waals surface area (Å²) in [6.07, 6.45) is 3.16. The Kier molecular flexibility index (Phi) is 5.81. The van der Waals surface area contributed by atoms with E-state index < -0.39 is 0 Å². The number of amidine groups is 1. The molecule has 0 spiro atoms. The van der Waals surface area contributed by atoms with Gasteiger partial charge in [0, 0.05) is 13.1 Å². The molecule has 1 aromatic rings. The van der Waals surface area contributed by atoms with Crippen LogP contribution in [0, 0.1) is 0 Å². The largest absolute Gasteiger partial charge is 0.494 e. The summed E-state index contributed by atoms with van der Waals surface area (Å²) in [7, 11) is 0. The Morgan fingerprint density at radius 3 is 2.60 bits per heavy atom. The van der Waals surface area contributed by atoms with Crippen molar-refractivity contribution in [3.8, 4) is 5.75 Å². The average molecular weight is 360 g/mol. The van der Waals surface area contributed by atoms with Gasteiger partial charge in [-0.1, -0.05) is 19.1 Å². The molecule has 0 unspecified atom stereocenters. The third-order valence-corrected chi connectivity index (χ3v) is 4.99. The molecule has 1 amide bonds. The maximum Gasteiger partial charge on any atom is 0.286 e. The molecule has 134 valence electrons. The van der Waals surface area contributed by atoms with Crippen LogP contribution in [0.3, 0.4) is 0 Å². The van der Waals surface area contributed by atoms with E-state index in [0.717, 1.165) is 36.0 Å². The molecule has 0 aliphatic carbocycles. The first kappa shape index (κ1) is 18.0. The van der Waals surface area contributed by atoms with Gasteiger partial charge < -0.3 is 14.4 Å². The highest BCUT2D eigenvalue weighted by molar-refractivity contribution is 8.18. The van der Waals surface area contributed by atoms with Gasteiger partial charge in [-0.2, -0.15) is 4.99 Å². The molecule has 25 heavy (non-hydrogen) atoms. The first-order valence-corrected chi connectivity index (χ1v) is 9.52. The van der Waals surface area contributed by atoms with E-state index in [1.54, 1.807) is 0 Å².